The van der Waals surface area contributed by atoms with Gasteiger partial charge in [-0.05, 0) is 43.1 Å². The minimum atomic E-state index is -0.00673. The van der Waals surface area contributed by atoms with Crippen LogP contribution < -0.4 is 10.6 Å². The van der Waals surface area contributed by atoms with Gasteiger partial charge in [0.1, 0.15) is 0 Å². The lowest BCUT2D eigenvalue weighted by Gasteiger charge is -2.30. The van der Waals surface area contributed by atoms with E-state index in [0.717, 1.165) is 25.2 Å². The lowest BCUT2D eigenvalue weighted by Crippen LogP contribution is -2.50. The van der Waals surface area contributed by atoms with Crippen LogP contribution in [0.15, 0.2) is 43.0 Å². The average molecular weight is 284 g/mol. The zero-order chi connectivity index (χ0) is 14.7. The summed E-state index contributed by atoms with van der Waals surface area (Å²) < 4.78 is 1.91. The van der Waals surface area contributed by atoms with Gasteiger partial charge in [0.15, 0.2) is 0 Å². The van der Waals surface area contributed by atoms with Gasteiger partial charge in [-0.15, -0.1) is 0 Å². The van der Waals surface area contributed by atoms with Crippen molar-refractivity contribution >= 4 is 5.91 Å². The molecule has 110 valence electrons. The third-order valence-electron chi connectivity index (χ3n) is 4.08. The summed E-state index contributed by atoms with van der Waals surface area (Å²) in [6.07, 6.45) is 6.46. The van der Waals surface area contributed by atoms with Crippen molar-refractivity contribution in [3.05, 3.63) is 48.5 Å². The number of imidazole rings is 1. The van der Waals surface area contributed by atoms with Gasteiger partial charge in [-0.3, -0.25) is 4.79 Å². The van der Waals surface area contributed by atoms with Crippen molar-refractivity contribution in [3.63, 3.8) is 0 Å². The molecule has 0 saturated carbocycles. The predicted molar refractivity (Wildman–Crippen MR) is 81.5 cm³/mol. The van der Waals surface area contributed by atoms with Gasteiger partial charge in [0.2, 0.25) is 0 Å². The van der Waals surface area contributed by atoms with E-state index < -0.39 is 0 Å². The number of benzene rings is 1. The molecule has 2 aromatic rings. The van der Waals surface area contributed by atoms with Crippen LogP contribution in [0.4, 0.5) is 0 Å². The molecule has 1 saturated heterocycles. The Morgan fingerprint density at radius 1 is 1.38 bits per heavy atom. The molecule has 1 aromatic heterocycles. The lowest BCUT2D eigenvalue weighted by atomic mass is 9.94. The third kappa shape index (κ3) is 3.13. The molecule has 2 N–H and O–H groups in total. The summed E-state index contributed by atoms with van der Waals surface area (Å²) in [6, 6.07) is 7.77. The van der Waals surface area contributed by atoms with E-state index in [4.69, 9.17) is 0 Å². The molecule has 2 atom stereocenters. The largest absolute Gasteiger partial charge is 0.348 e. The van der Waals surface area contributed by atoms with Crippen molar-refractivity contribution < 1.29 is 4.79 Å². The van der Waals surface area contributed by atoms with Crippen LogP contribution in [0.5, 0.6) is 0 Å². The van der Waals surface area contributed by atoms with Gasteiger partial charge in [0.05, 0.1) is 6.33 Å². The van der Waals surface area contributed by atoms with Crippen molar-refractivity contribution in [1.82, 2.24) is 20.2 Å². The second-order valence-electron chi connectivity index (χ2n) is 5.57. The fourth-order valence-corrected chi connectivity index (χ4v) is 2.63. The number of aromatic nitrogens is 2. The molecule has 0 bridgehead atoms. The van der Waals surface area contributed by atoms with E-state index in [1.165, 1.54) is 0 Å². The molecule has 2 heterocycles. The van der Waals surface area contributed by atoms with Crippen LogP contribution in [0.3, 0.4) is 0 Å². The lowest BCUT2D eigenvalue weighted by molar-refractivity contribution is 0.0915. The van der Waals surface area contributed by atoms with E-state index >= 15 is 0 Å². The van der Waals surface area contributed by atoms with E-state index in [9.17, 15) is 4.79 Å². The predicted octanol–water partition coefficient (Wildman–Crippen LogP) is 1.60. The number of nitrogens with zero attached hydrogens (tertiary/aromatic N) is 2. The number of hydrogen-bond acceptors (Lipinski definition) is 3. The van der Waals surface area contributed by atoms with E-state index in [0.29, 0.717) is 11.5 Å². The number of nitrogens with one attached hydrogen (secondary N) is 2. The molecule has 5 nitrogen and oxygen atoms in total. The van der Waals surface area contributed by atoms with Crippen molar-refractivity contribution in [2.45, 2.75) is 19.4 Å². The molecule has 1 aromatic carbocycles. The van der Waals surface area contributed by atoms with Gasteiger partial charge in [-0.25, -0.2) is 4.98 Å². The van der Waals surface area contributed by atoms with Crippen LogP contribution in [0, 0.1) is 5.92 Å². The molecule has 0 aliphatic carbocycles. The van der Waals surface area contributed by atoms with Crippen molar-refractivity contribution in [3.8, 4) is 5.69 Å². The van der Waals surface area contributed by atoms with Crippen molar-refractivity contribution in [2.75, 3.05) is 13.1 Å². The monoisotopic (exact) mass is 284 g/mol. The van der Waals surface area contributed by atoms with Crippen LogP contribution in [0.1, 0.15) is 23.7 Å². The quantitative estimate of drug-likeness (QED) is 0.900. The highest BCUT2D eigenvalue weighted by Crippen LogP contribution is 2.13. The number of carbonyl (C=O) groups is 1. The first-order valence-electron chi connectivity index (χ1n) is 7.34. The molecule has 0 spiro atoms. The Hall–Kier alpha value is -2.14. The minimum absolute atomic E-state index is 0.00673. The number of carbonyl (C=O) groups excluding carboxylic acids is 1. The number of rotatable bonds is 3. The average Bonchev–Trinajstić information content (AvgIpc) is 3.04. The zero-order valence-corrected chi connectivity index (χ0v) is 12.1. The zero-order valence-electron chi connectivity index (χ0n) is 12.1. The van der Waals surface area contributed by atoms with Gasteiger partial charge in [0, 0.05) is 36.2 Å². The molecule has 1 aliphatic rings. The molecule has 3 rings (SSSR count). The number of hydrogen-bond donors (Lipinski definition) is 2. The first-order chi connectivity index (χ1) is 10.2. The first kappa shape index (κ1) is 13.8. The highest BCUT2D eigenvalue weighted by atomic mass is 16.1. The summed E-state index contributed by atoms with van der Waals surface area (Å²) in [4.78, 5) is 16.3. The van der Waals surface area contributed by atoms with Crippen LogP contribution in [-0.4, -0.2) is 34.6 Å². The maximum atomic E-state index is 12.3. The van der Waals surface area contributed by atoms with E-state index in [2.05, 4.69) is 22.5 Å². The van der Waals surface area contributed by atoms with Crippen molar-refractivity contribution in [1.29, 1.82) is 0 Å². The summed E-state index contributed by atoms with van der Waals surface area (Å²) >= 11 is 0. The number of amides is 1. The van der Waals surface area contributed by atoms with Gasteiger partial charge < -0.3 is 15.2 Å². The standard InChI is InChI=1S/C16H20N4O/c1-12-6-7-17-10-15(12)19-16(21)13-2-4-14(5-3-13)20-9-8-18-11-20/h2-5,8-9,11-12,15,17H,6-7,10H2,1H3,(H,19,21). The second kappa shape index (κ2) is 6.10. The molecule has 21 heavy (non-hydrogen) atoms. The summed E-state index contributed by atoms with van der Waals surface area (Å²) in [5.74, 6) is 0.508. The van der Waals surface area contributed by atoms with Gasteiger partial charge in [0.25, 0.3) is 5.91 Å². The highest BCUT2D eigenvalue weighted by Gasteiger charge is 2.22. The smallest absolute Gasteiger partial charge is 0.251 e. The normalized spacial score (nSPS) is 22.0. The SMILES string of the molecule is CC1CCNCC1NC(=O)c1ccc(-n2ccnc2)cc1. The van der Waals surface area contributed by atoms with E-state index in [1.807, 2.05) is 35.0 Å². The summed E-state index contributed by atoms with van der Waals surface area (Å²) in [6.45, 7) is 4.07. The summed E-state index contributed by atoms with van der Waals surface area (Å²) in [5.41, 5.74) is 1.69. The Kier molecular flexibility index (Phi) is 4.01. The topological polar surface area (TPSA) is 58.9 Å². The minimum Gasteiger partial charge on any atom is -0.348 e. The Balaban J connectivity index is 1.67. The Morgan fingerprint density at radius 2 is 2.19 bits per heavy atom. The Morgan fingerprint density at radius 3 is 2.86 bits per heavy atom. The van der Waals surface area contributed by atoms with Gasteiger partial charge in [-0.1, -0.05) is 6.92 Å². The molecule has 1 amide bonds. The molecule has 2 unspecified atom stereocenters. The summed E-state index contributed by atoms with van der Waals surface area (Å²) in [7, 11) is 0. The van der Waals surface area contributed by atoms with Crippen LogP contribution in [0.25, 0.3) is 5.69 Å². The summed E-state index contributed by atoms with van der Waals surface area (Å²) in [5, 5.41) is 6.44. The molecule has 0 radical (unpaired) electrons. The van der Waals surface area contributed by atoms with Crippen molar-refractivity contribution in [2.24, 2.45) is 5.92 Å². The van der Waals surface area contributed by atoms with Crippen LogP contribution in [-0.2, 0) is 0 Å². The fourth-order valence-electron chi connectivity index (χ4n) is 2.63. The molecule has 1 aliphatic heterocycles. The molecular formula is C16H20N4O. The Bertz CT molecular complexity index is 591. The fraction of sp³-hybridized carbons (Fsp3) is 0.375. The first-order valence-corrected chi connectivity index (χ1v) is 7.34. The van der Waals surface area contributed by atoms with Gasteiger partial charge in [-0.2, -0.15) is 0 Å². The maximum Gasteiger partial charge on any atom is 0.251 e. The third-order valence-corrected chi connectivity index (χ3v) is 4.08. The van der Waals surface area contributed by atoms with E-state index in [-0.39, 0.29) is 11.9 Å². The second-order valence-corrected chi connectivity index (χ2v) is 5.57. The van der Waals surface area contributed by atoms with Crippen LogP contribution in [0.2, 0.25) is 0 Å². The molecular weight excluding hydrogens is 264 g/mol. The van der Waals surface area contributed by atoms with Gasteiger partial charge >= 0.3 is 0 Å². The Labute approximate surface area is 124 Å². The molecule has 5 heteroatoms. The molecule has 1 fully saturated rings. The maximum absolute atomic E-state index is 12.3. The van der Waals surface area contributed by atoms with E-state index in [1.54, 1.807) is 12.5 Å². The highest BCUT2D eigenvalue weighted by molar-refractivity contribution is 5.94. The number of piperidine rings is 1. The van der Waals surface area contributed by atoms with Crippen LogP contribution >= 0.6 is 0 Å².